The molecular formula is C17H16ClN3. The van der Waals surface area contributed by atoms with Gasteiger partial charge < -0.3 is 5.32 Å². The first kappa shape index (κ1) is 14.0. The Bertz CT molecular complexity index is 740. The minimum atomic E-state index is 0.234. The molecule has 4 heteroatoms. The van der Waals surface area contributed by atoms with E-state index in [-0.39, 0.29) is 6.04 Å². The van der Waals surface area contributed by atoms with Crippen LogP contribution in [-0.2, 0) is 6.42 Å². The van der Waals surface area contributed by atoms with Gasteiger partial charge in [0, 0.05) is 23.5 Å². The van der Waals surface area contributed by atoms with Crippen LogP contribution in [0.5, 0.6) is 0 Å². The molecule has 106 valence electrons. The summed E-state index contributed by atoms with van der Waals surface area (Å²) in [5.41, 5.74) is 4.30. The fourth-order valence-corrected chi connectivity index (χ4v) is 2.57. The quantitative estimate of drug-likeness (QED) is 0.796. The number of fused-ring (bicyclic) bond motifs is 1. The van der Waals surface area contributed by atoms with Gasteiger partial charge in [-0.05, 0) is 48.9 Å². The summed E-state index contributed by atoms with van der Waals surface area (Å²) in [6.07, 6.45) is 4.34. The number of halogens is 1. The number of benzene rings is 2. The van der Waals surface area contributed by atoms with Crippen molar-refractivity contribution < 1.29 is 0 Å². The third kappa shape index (κ3) is 3.20. The highest BCUT2D eigenvalue weighted by Gasteiger charge is 2.11. The summed E-state index contributed by atoms with van der Waals surface area (Å²) in [6, 6.07) is 14.4. The zero-order chi connectivity index (χ0) is 14.7. The normalized spacial score (nSPS) is 12.5. The molecule has 0 aliphatic carbocycles. The summed E-state index contributed by atoms with van der Waals surface area (Å²) in [4.78, 5) is 8.67. The topological polar surface area (TPSA) is 37.8 Å². The van der Waals surface area contributed by atoms with Gasteiger partial charge in [-0.15, -0.1) is 0 Å². The molecule has 1 aromatic heterocycles. The Hall–Kier alpha value is -1.97. The molecule has 1 N–H and O–H groups in total. The van der Waals surface area contributed by atoms with Crippen LogP contribution in [0, 0.1) is 0 Å². The van der Waals surface area contributed by atoms with Crippen molar-refractivity contribution in [1.29, 1.82) is 0 Å². The third-order valence-corrected chi connectivity index (χ3v) is 3.85. The van der Waals surface area contributed by atoms with Crippen molar-refractivity contribution in [2.75, 3.05) is 7.05 Å². The SMILES string of the molecule is CNC(Cc1ccc(Cl)cc1)c1ccc2nccnc2c1. The van der Waals surface area contributed by atoms with Crippen molar-refractivity contribution in [3.63, 3.8) is 0 Å². The first-order valence-corrected chi connectivity index (χ1v) is 7.26. The Balaban J connectivity index is 1.88. The number of likely N-dealkylation sites (N-methyl/N-ethyl adjacent to an activating group) is 1. The fraction of sp³-hybridized carbons (Fsp3) is 0.176. The van der Waals surface area contributed by atoms with E-state index in [1.807, 2.05) is 25.2 Å². The van der Waals surface area contributed by atoms with E-state index in [1.54, 1.807) is 12.4 Å². The Labute approximate surface area is 129 Å². The van der Waals surface area contributed by atoms with Crippen molar-refractivity contribution in [2.45, 2.75) is 12.5 Å². The summed E-state index contributed by atoms with van der Waals surface area (Å²) in [7, 11) is 1.97. The summed E-state index contributed by atoms with van der Waals surface area (Å²) >= 11 is 5.93. The molecule has 0 aliphatic rings. The predicted molar refractivity (Wildman–Crippen MR) is 86.5 cm³/mol. The second-order valence-electron chi connectivity index (χ2n) is 4.98. The molecule has 1 unspecified atom stereocenters. The van der Waals surface area contributed by atoms with Crippen LogP contribution < -0.4 is 5.32 Å². The van der Waals surface area contributed by atoms with Crippen molar-refractivity contribution in [1.82, 2.24) is 15.3 Å². The maximum Gasteiger partial charge on any atom is 0.0890 e. The number of aromatic nitrogens is 2. The molecule has 0 saturated carbocycles. The first-order chi connectivity index (χ1) is 10.3. The zero-order valence-electron chi connectivity index (χ0n) is 11.8. The van der Waals surface area contributed by atoms with E-state index < -0.39 is 0 Å². The van der Waals surface area contributed by atoms with Crippen molar-refractivity contribution in [3.8, 4) is 0 Å². The maximum absolute atomic E-state index is 5.93. The van der Waals surface area contributed by atoms with Gasteiger partial charge in [0.1, 0.15) is 0 Å². The predicted octanol–water partition coefficient (Wildman–Crippen LogP) is 3.79. The Kier molecular flexibility index (Phi) is 4.13. The average molecular weight is 298 g/mol. The van der Waals surface area contributed by atoms with Gasteiger partial charge >= 0.3 is 0 Å². The molecule has 0 bridgehead atoms. The minimum Gasteiger partial charge on any atom is -0.313 e. The standard InChI is InChI=1S/C17H16ClN3/c1-19-16(10-12-2-5-14(18)6-3-12)13-4-7-15-17(11-13)21-9-8-20-15/h2-9,11,16,19H,10H2,1H3. The van der Waals surface area contributed by atoms with Crippen LogP contribution in [0.1, 0.15) is 17.2 Å². The van der Waals surface area contributed by atoms with Crippen molar-refractivity contribution >= 4 is 22.6 Å². The molecule has 2 aromatic carbocycles. The van der Waals surface area contributed by atoms with Crippen LogP contribution in [0.2, 0.25) is 5.02 Å². The number of nitrogens with zero attached hydrogens (tertiary/aromatic N) is 2. The highest BCUT2D eigenvalue weighted by molar-refractivity contribution is 6.30. The number of rotatable bonds is 4. The van der Waals surface area contributed by atoms with Crippen LogP contribution in [-0.4, -0.2) is 17.0 Å². The Morgan fingerprint density at radius 2 is 1.71 bits per heavy atom. The van der Waals surface area contributed by atoms with Gasteiger partial charge in [-0.1, -0.05) is 29.8 Å². The molecule has 0 fully saturated rings. The minimum absolute atomic E-state index is 0.234. The van der Waals surface area contributed by atoms with Gasteiger partial charge in [0.05, 0.1) is 11.0 Å². The van der Waals surface area contributed by atoms with E-state index in [0.717, 1.165) is 22.5 Å². The monoisotopic (exact) mass is 297 g/mol. The molecule has 1 heterocycles. The lowest BCUT2D eigenvalue weighted by molar-refractivity contribution is 0.592. The van der Waals surface area contributed by atoms with Crippen molar-refractivity contribution in [3.05, 3.63) is 71.0 Å². The Morgan fingerprint density at radius 3 is 2.43 bits per heavy atom. The van der Waals surface area contributed by atoms with Gasteiger partial charge in [0.25, 0.3) is 0 Å². The van der Waals surface area contributed by atoms with E-state index in [4.69, 9.17) is 11.6 Å². The summed E-state index contributed by atoms with van der Waals surface area (Å²) in [5, 5.41) is 4.13. The molecule has 0 amide bonds. The van der Waals surface area contributed by atoms with Crippen molar-refractivity contribution in [2.24, 2.45) is 0 Å². The summed E-state index contributed by atoms with van der Waals surface area (Å²) in [6.45, 7) is 0. The largest absolute Gasteiger partial charge is 0.313 e. The number of nitrogens with one attached hydrogen (secondary N) is 1. The lowest BCUT2D eigenvalue weighted by Gasteiger charge is -2.17. The number of hydrogen-bond donors (Lipinski definition) is 1. The molecular weight excluding hydrogens is 282 g/mol. The van der Waals surface area contributed by atoms with E-state index in [0.29, 0.717) is 0 Å². The molecule has 21 heavy (non-hydrogen) atoms. The van der Waals surface area contributed by atoms with Crippen LogP contribution in [0.15, 0.2) is 54.9 Å². The molecule has 1 atom stereocenters. The zero-order valence-corrected chi connectivity index (χ0v) is 12.5. The third-order valence-electron chi connectivity index (χ3n) is 3.60. The van der Waals surface area contributed by atoms with E-state index in [1.165, 1.54) is 11.1 Å². The number of hydrogen-bond acceptors (Lipinski definition) is 3. The van der Waals surface area contributed by atoms with E-state index in [9.17, 15) is 0 Å². The van der Waals surface area contributed by atoms with Gasteiger partial charge in [0.15, 0.2) is 0 Å². The molecule has 3 aromatic rings. The summed E-state index contributed by atoms with van der Waals surface area (Å²) in [5.74, 6) is 0. The van der Waals surface area contributed by atoms with E-state index in [2.05, 4.69) is 39.6 Å². The van der Waals surface area contributed by atoms with Crippen LogP contribution in [0.25, 0.3) is 11.0 Å². The highest BCUT2D eigenvalue weighted by atomic mass is 35.5. The summed E-state index contributed by atoms with van der Waals surface area (Å²) < 4.78 is 0. The lowest BCUT2D eigenvalue weighted by Crippen LogP contribution is -2.18. The van der Waals surface area contributed by atoms with Crippen LogP contribution in [0.3, 0.4) is 0 Å². The van der Waals surface area contributed by atoms with Gasteiger partial charge in [-0.3, -0.25) is 9.97 Å². The molecule has 0 aliphatic heterocycles. The maximum atomic E-state index is 5.93. The molecule has 3 nitrogen and oxygen atoms in total. The van der Waals surface area contributed by atoms with E-state index >= 15 is 0 Å². The van der Waals surface area contributed by atoms with Gasteiger partial charge in [-0.2, -0.15) is 0 Å². The lowest BCUT2D eigenvalue weighted by atomic mass is 9.98. The molecule has 0 spiro atoms. The van der Waals surface area contributed by atoms with Crippen LogP contribution >= 0.6 is 11.6 Å². The second-order valence-corrected chi connectivity index (χ2v) is 5.41. The second kappa shape index (κ2) is 6.20. The average Bonchev–Trinajstić information content (AvgIpc) is 2.54. The smallest absolute Gasteiger partial charge is 0.0890 e. The molecule has 0 radical (unpaired) electrons. The highest BCUT2D eigenvalue weighted by Crippen LogP contribution is 2.22. The molecule has 3 rings (SSSR count). The first-order valence-electron chi connectivity index (χ1n) is 6.88. The Morgan fingerprint density at radius 1 is 1.00 bits per heavy atom. The fourth-order valence-electron chi connectivity index (χ4n) is 2.44. The molecule has 0 saturated heterocycles. The van der Waals surface area contributed by atoms with Crippen LogP contribution in [0.4, 0.5) is 0 Å². The van der Waals surface area contributed by atoms with Gasteiger partial charge in [0.2, 0.25) is 0 Å². The van der Waals surface area contributed by atoms with Gasteiger partial charge in [-0.25, -0.2) is 0 Å².